The van der Waals surface area contributed by atoms with Crippen molar-refractivity contribution in [1.29, 1.82) is 0 Å². The summed E-state index contributed by atoms with van der Waals surface area (Å²) in [6.45, 7) is 1.76. The lowest BCUT2D eigenvalue weighted by molar-refractivity contribution is -0.161. The van der Waals surface area contributed by atoms with Crippen LogP contribution in [-0.4, -0.2) is 99.3 Å². The highest BCUT2D eigenvalue weighted by molar-refractivity contribution is 7.47. The summed E-state index contributed by atoms with van der Waals surface area (Å²) in [5.74, 6) is -1.33. The predicted octanol–water partition coefficient (Wildman–Crippen LogP) is 8.13. The fourth-order valence-corrected chi connectivity index (χ4v) is 5.86. The minimum atomic E-state index is -4.72. The fourth-order valence-electron chi connectivity index (χ4n) is 5.07. The standard InChI is InChI=1S/C46H75O13P/c1-3-5-7-8-9-10-11-12-13-14-15-16-17-18-19-24-28-34-46(53)59-42(39-58-60(54,55)57-37-41(49)36-47)38-56-45(52)35-29-33-44(51)43(50)32-27-23-21-20-22-26-31-40(48)30-25-6-4-2/h9-10,12-13,15-16,18-23,26-27,31-32,40-44,47-51H,3-8,11,14,17,24-25,28-30,33-39H2,1-2H3,(H,54,55)/b10-9-,13-12-,16-15-,19-18-,22-20-,23-21+,31-26+,32-27+/t40-,41+,42-,43-,44-/m1/s1. The number of esters is 2. The van der Waals surface area contributed by atoms with Crippen LogP contribution in [0.5, 0.6) is 0 Å². The molecule has 0 spiro atoms. The highest BCUT2D eigenvalue weighted by Gasteiger charge is 2.27. The largest absolute Gasteiger partial charge is 0.472 e. The Morgan fingerprint density at radius 3 is 1.75 bits per heavy atom. The Morgan fingerprint density at radius 2 is 1.13 bits per heavy atom. The molecule has 0 aromatic heterocycles. The highest BCUT2D eigenvalue weighted by Crippen LogP contribution is 2.43. The number of hydrogen-bond acceptors (Lipinski definition) is 12. The van der Waals surface area contributed by atoms with Gasteiger partial charge in [-0.2, -0.15) is 0 Å². The van der Waals surface area contributed by atoms with Crippen molar-refractivity contribution in [2.45, 2.75) is 154 Å². The van der Waals surface area contributed by atoms with Crippen molar-refractivity contribution in [2.24, 2.45) is 0 Å². The van der Waals surface area contributed by atoms with Crippen molar-refractivity contribution in [3.63, 3.8) is 0 Å². The van der Waals surface area contributed by atoms with E-state index in [-0.39, 0.29) is 25.7 Å². The number of rotatable bonds is 38. The minimum Gasteiger partial charge on any atom is -0.462 e. The van der Waals surface area contributed by atoms with Crippen LogP contribution in [0, 0.1) is 0 Å². The molecule has 6 N–H and O–H groups in total. The van der Waals surface area contributed by atoms with Gasteiger partial charge in [0, 0.05) is 12.8 Å². The maximum Gasteiger partial charge on any atom is 0.472 e. The summed E-state index contributed by atoms with van der Waals surface area (Å²) in [4.78, 5) is 35.0. The van der Waals surface area contributed by atoms with Gasteiger partial charge in [0.25, 0.3) is 0 Å². The van der Waals surface area contributed by atoms with E-state index in [1.54, 1.807) is 42.5 Å². The maximum absolute atomic E-state index is 12.6. The van der Waals surface area contributed by atoms with Gasteiger partial charge in [0.2, 0.25) is 0 Å². The van der Waals surface area contributed by atoms with Crippen LogP contribution >= 0.6 is 7.82 Å². The van der Waals surface area contributed by atoms with Crippen LogP contribution in [0.1, 0.15) is 123 Å². The molecule has 0 aromatic carbocycles. The van der Waals surface area contributed by atoms with E-state index >= 15 is 0 Å². The van der Waals surface area contributed by atoms with Crippen molar-refractivity contribution in [3.8, 4) is 0 Å². The van der Waals surface area contributed by atoms with Gasteiger partial charge < -0.3 is 39.9 Å². The molecular weight excluding hydrogens is 791 g/mol. The molecular formula is C46H75O13P. The first-order chi connectivity index (χ1) is 28.9. The van der Waals surface area contributed by atoms with Crippen LogP contribution in [0.2, 0.25) is 0 Å². The number of ether oxygens (including phenoxy) is 2. The van der Waals surface area contributed by atoms with Crippen LogP contribution in [0.15, 0.2) is 97.2 Å². The zero-order valence-corrected chi connectivity index (χ0v) is 36.9. The van der Waals surface area contributed by atoms with E-state index in [2.05, 4.69) is 54.8 Å². The summed E-state index contributed by atoms with van der Waals surface area (Å²) in [5, 5.41) is 48.7. The lowest BCUT2D eigenvalue weighted by atomic mass is 10.1. The molecule has 0 saturated carbocycles. The van der Waals surface area contributed by atoms with E-state index < -0.39 is 76.7 Å². The summed E-state index contributed by atoms with van der Waals surface area (Å²) >= 11 is 0. The fraction of sp³-hybridized carbons (Fsp3) is 0.609. The van der Waals surface area contributed by atoms with Crippen LogP contribution in [-0.2, 0) is 32.7 Å². The number of carbonyl (C=O) groups excluding carboxylic acids is 2. The van der Waals surface area contributed by atoms with Gasteiger partial charge in [0.15, 0.2) is 6.10 Å². The first-order valence-electron chi connectivity index (χ1n) is 21.5. The van der Waals surface area contributed by atoms with Gasteiger partial charge in [0.1, 0.15) is 12.7 Å². The van der Waals surface area contributed by atoms with Crippen molar-refractivity contribution >= 4 is 19.8 Å². The molecule has 60 heavy (non-hydrogen) atoms. The van der Waals surface area contributed by atoms with E-state index in [1.807, 2.05) is 12.2 Å². The van der Waals surface area contributed by atoms with E-state index in [0.717, 1.165) is 51.4 Å². The topological polar surface area (TPSA) is 210 Å². The summed E-state index contributed by atoms with van der Waals surface area (Å²) < 4.78 is 32.4. The Kier molecular flexibility index (Phi) is 37.7. The van der Waals surface area contributed by atoms with Gasteiger partial charge in [-0.1, -0.05) is 143 Å². The molecule has 0 rings (SSSR count). The molecule has 1 unspecified atom stereocenters. The number of unbranched alkanes of at least 4 members (excludes halogenated alkanes) is 6. The molecule has 0 amide bonds. The monoisotopic (exact) mass is 866 g/mol. The molecule has 0 aromatic rings. The van der Waals surface area contributed by atoms with E-state index in [4.69, 9.17) is 19.1 Å². The van der Waals surface area contributed by atoms with Gasteiger partial charge in [-0.3, -0.25) is 18.6 Å². The number of aliphatic hydroxyl groups is 5. The first kappa shape index (κ1) is 56.8. The third-order valence-corrected chi connectivity index (χ3v) is 9.53. The summed E-state index contributed by atoms with van der Waals surface area (Å²) in [5.41, 5.74) is 0. The number of phosphoric ester groups is 1. The number of phosphoric acid groups is 1. The molecule has 0 fully saturated rings. The molecule has 0 heterocycles. The van der Waals surface area contributed by atoms with E-state index in [9.17, 15) is 39.5 Å². The van der Waals surface area contributed by atoms with Crippen molar-refractivity contribution in [3.05, 3.63) is 97.2 Å². The van der Waals surface area contributed by atoms with Gasteiger partial charge in [0.05, 0.1) is 38.1 Å². The molecule has 0 saturated heterocycles. The molecule has 0 radical (unpaired) electrons. The summed E-state index contributed by atoms with van der Waals surface area (Å²) in [6.07, 6.45) is 37.5. The van der Waals surface area contributed by atoms with Crippen LogP contribution in [0.25, 0.3) is 0 Å². The van der Waals surface area contributed by atoms with E-state index in [1.165, 1.54) is 25.3 Å². The molecule has 0 bridgehead atoms. The SMILES string of the molecule is CCCCC/C=C\C/C=C\C/C=C\C/C=C\CCCC(=O)O[C@H](COC(=O)CCC[C@@H](O)[C@H](O)/C=C/C=C/C=C\C=C\[C@H](O)CCCCC)COP(=O)(O)OC[C@@H](O)CO. The highest BCUT2D eigenvalue weighted by atomic mass is 31.2. The summed E-state index contributed by atoms with van der Waals surface area (Å²) in [7, 11) is -4.72. The average molecular weight is 867 g/mol. The Hall–Kier alpha value is -3.23. The second-order valence-corrected chi connectivity index (χ2v) is 15.7. The zero-order chi connectivity index (χ0) is 44.5. The van der Waals surface area contributed by atoms with Crippen molar-refractivity contribution < 1.29 is 63.1 Å². The van der Waals surface area contributed by atoms with E-state index in [0.29, 0.717) is 12.8 Å². The smallest absolute Gasteiger partial charge is 0.462 e. The molecule has 0 aliphatic carbocycles. The number of carbonyl (C=O) groups is 2. The molecule has 342 valence electrons. The molecule has 13 nitrogen and oxygen atoms in total. The van der Waals surface area contributed by atoms with Gasteiger partial charge >= 0.3 is 19.8 Å². The first-order valence-corrected chi connectivity index (χ1v) is 23.0. The van der Waals surface area contributed by atoms with Crippen LogP contribution in [0.3, 0.4) is 0 Å². The normalized spacial score (nSPS) is 16.3. The van der Waals surface area contributed by atoms with Gasteiger partial charge in [-0.25, -0.2) is 4.57 Å². The van der Waals surface area contributed by atoms with Crippen LogP contribution in [0.4, 0.5) is 0 Å². The van der Waals surface area contributed by atoms with Gasteiger partial charge in [-0.15, -0.1) is 0 Å². The third-order valence-electron chi connectivity index (χ3n) is 8.58. The number of hydrogen-bond donors (Lipinski definition) is 6. The Balaban J connectivity index is 4.74. The Morgan fingerprint density at radius 1 is 0.600 bits per heavy atom. The Labute approximate surface area is 359 Å². The number of allylic oxidation sites excluding steroid dienone is 14. The van der Waals surface area contributed by atoms with Crippen molar-refractivity contribution in [2.75, 3.05) is 26.4 Å². The Bertz CT molecular complexity index is 1370. The predicted molar refractivity (Wildman–Crippen MR) is 237 cm³/mol. The second kappa shape index (κ2) is 39.9. The third kappa shape index (κ3) is 37.7. The van der Waals surface area contributed by atoms with Gasteiger partial charge in [-0.05, 0) is 64.2 Å². The quantitative estimate of drug-likeness (QED) is 0.0114. The lowest BCUT2D eigenvalue weighted by Gasteiger charge is -2.20. The molecule has 6 atom stereocenters. The molecule has 0 aliphatic rings. The van der Waals surface area contributed by atoms with Crippen LogP contribution < -0.4 is 0 Å². The molecule has 0 aliphatic heterocycles. The summed E-state index contributed by atoms with van der Waals surface area (Å²) in [6, 6.07) is 0. The number of aliphatic hydroxyl groups excluding tert-OH is 5. The minimum absolute atomic E-state index is 0.0290. The zero-order valence-electron chi connectivity index (χ0n) is 36.0. The lowest BCUT2D eigenvalue weighted by Crippen LogP contribution is -2.30. The van der Waals surface area contributed by atoms with Crippen molar-refractivity contribution in [1.82, 2.24) is 0 Å². The molecule has 14 heteroatoms. The maximum atomic E-state index is 12.6. The average Bonchev–Trinajstić information content (AvgIpc) is 3.22. The second-order valence-electron chi connectivity index (χ2n) is 14.2.